The fraction of sp³-hybridized carbons (Fsp3) is 0.250. The number of nitrogens with one attached hydrogen (secondary N) is 1. The predicted octanol–water partition coefficient (Wildman–Crippen LogP) is 3.04. The number of ether oxygens (including phenoxy) is 1. The zero-order valence-corrected chi connectivity index (χ0v) is 18.0. The van der Waals surface area contributed by atoms with Gasteiger partial charge in [-0.15, -0.1) is 0 Å². The van der Waals surface area contributed by atoms with Crippen LogP contribution in [0.4, 0.5) is 5.69 Å². The van der Waals surface area contributed by atoms with E-state index in [1.54, 1.807) is 13.8 Å². The number of hydrogen-bond acceptors (Lipinski definition) is 6. The quantitative estimate of drug-likeness (QED) is 0.619. The van der Waals surface area contributed by atoms with Crippen molar-refractivity contribution in [3.63, 3.8) is 0 Å². The van der Waals surface area contributed by atoms with Gasteiger partial charge in [-0.05, 0) is 42.5 Å². The fourth-order valence-corrected chi connectivity index (χ4v) is 4.25. The summed E-state index contributed by atoms with van der Waals surface area (Å²) in [6.45, 7) is 3.60. The van der Waals surface area contributed by atoms with E-state index in [1.165, 1.54) is 46.8 Å². The van der Waals surface area contributed by atoms with Gasteiger partial charge in [0.25, 0.3) is 5.91 Å². The minimum atomic E-state index is -3.63. The SMILES string of the molecule is CCN(CC)S(=O)(=O)c1ccc(C(=O)OCC(=O)Nc2ccc(C#N)c(Cl)c2)cc1. The number of rotatable bonds is 8. The van der Waals surface area contributed by atoms with Crippen molar-refractivity contribution in [1.29, 1.82) is 5.26 Å². The molecule has 0 unspecified atom stereocenters. The molecule has 1 amide bonds. The number of carbonyl (C=O) groups is 2. The number of esters is 1. The van der Waals surface area contributed by atoms with Crippen LogP contribution in [0.1, 0.15) is 29.8 Å². The summed E-state index contributed by atoms with van der Waals surface area (Å²) in [5, 5.41) is 11.5. The normalized spacial score (nSPS) is 11.0. The molecule has 0 aliphatic heterocycles. The van der Waals surface area contributed by atoms with Crippen LogP contribution < -0.4 is 5.32 Å². The Balaban J connectivity index is 1.97. The van der Waals surface area contributed by atoms with E-state index in [0.29, 0.717) is 18.8 Å². The van der Waals surface area contributed by atoms with Crippen LogP contribution in [-0.4, -0.2) is 44.3 Å². The molecule has 0 spiro atoms. The number of benzene rings is 2. The van der Waals surface area contributed by atoms with Crippen LogP contribution in [0.5, 0.6) is 0 Å². The zero-order valence-electron chi connectivity index (χ0n) is 16.4. The molecule has 0 radical (unpaired) electrons. The lowest BCUT2D eigenvalue weighted by molar-refractivity contribution is -0.119. The molecule has 8 nitrogen and oxygen atoms in total. The molecule has 0 saturated heterocycles. The molecule has 0 aliphatic carbocycles. The molecule has 158 valence electrons. The standard InChI is InChI=1S/C20H20ClN3O5S/c1-3-24(4-2)30(27,28)17-9-6-14(7-10-17)20(26)29-13-19(25)23-16-8-5-15(12-22)18(21)11-16/h5-11H,3-4,13H2,1-2H3,(H,23,25). The molecule has 0 fully saturated rings. The molecule has 0 bridgehead atoms. The number of nitriles is 1. The highest BCUT2D eigenvalue weighted by atomic mass is 35.5. The third-order valence-corrected chi connectivity index (χ3v) is 6.52. The summed E-state index contributed by atoms with van der Waals surface area (Å²) in [6, 6.07) is 11.6. The van der Waals surface area contributed by atoms with Crippen LogP contribution in [0, 0.1) is 11.3 Å². The Morgan fingerprint density at radius 3 is 2.30 bits per heavy atom. The molecule has 0 atom stereocenters. The number of carbonyl (C=O) groups excluding carboxylic acids is 2. The molecule has 2 rings (SSSR count). The van der Waals surface area contributed by atoms with Gasteiger partial charge >= 0.3 is 5.97 Å². The first kappa shape index (κ1) is 23.3. The summed E-state index contributed by atoms with van der Waals surface area (Å²) in [6.07, 6.45) is 0. The van der Waals surface area contributed by atoms with Gasteiger partial charge in [-0.3, -0.25) is 4.79 Å². The van der Waals surface area contributed by atoms with Gasteiger partial charge in [-0.2, -0.15) is 9.57 Å². The second kappa shape index (κ2) is 10.2. The van der Waals surface area contributed by atoms with Gasteiger partial charge in [0.1, 0.15) is 6.07 Å². The largest absolute Gasteiger partial charge is 0.452 e. The third kappa shape index (κ3) is 5.57. The molecule has 10 heteroatoms. The van der Waals surface area contributed by atoms with Gasteiger partial charge in [0.05, 0.1) is 21.0 Å². The fourth-order valence-electron chi connectivity index (χ4n) is 2.57. The molecule has 0 aliphatic rings. The van der Waals surface area contributed by atoms with Crippen molar-refractivity contribution in [2.45, 2.75) is 18.7 Å². The summed E-state index contributed by atoms with van der Waals surface area (Å²) in [5.74, 6) is -1.36. The van der Waals surface area contributed by atoms with Crippen LogP contribution in [0.15, 0.2) is 47.4 Å². The summed E-state index contributed by atoms with van der Waals surface area (Å²) < 4.78 is 31.2. The summed E-state index contributed by atoms with van der Waals surface area (Å²) >= 11 is 5.90. The Morgan fingerprint density at radius 1 is 1.13 bits per heavy atom. The predicted molar refractivity (Wildman–Crippen MR) is 112 cm³/mol. The maximum Gasteiger partial charge on any atom is 0.338 e. The second-order valence-electron chi connectivity index (χ2n) is 6.04. The van der Waals surface area contributed by atoms with E-state index in [-0.39, 0.29) is 21.0 Å². The van der Waals surface area contributed by atoms with E-state index < -0.39 is 28.5 Å². The average Bonchev–Trinajstić information content (AvgIpc) is 2.73. The number of anilines is 1. The van der Waals surface area contributed by atoms with E-state index in [0.717, 1.165) is 0 Å². The lowest BCUT2D eigenvalue weighted by Gasteiger charge is -2.18. The Labute approximate surface area is 180 Å². The number of sulfonamides is 1. The van der Waals surface area contributed by atoms with E-state index >= 15 is 0 Å². The monoisotopic (exact) mass is 449 g/mol. The van der Waals surface area contributed by atoms with E-state index in [9.17, 15) is 18.0 Å². The van der Waals surface area contributed by atoms with E-state index in [1.807, 2.05) is 6.07 Å². The Morgan fingerprint density at radius 2 is 1.77 bits per heavy atom. The van der Waals surface area contributed by atoms with Gasteiger partial charge in [-0.25, -0.2) is 13.2 Å². The molecule has 0 aromatic heterocycles. The van der Waals surface area contributed by atoms with Gasteiger partial charge < -0.3 is 10.1 Å². The lowest BCUT2D eigenvalue weighted by atomic mass is 10.2. The molecule has 2 aromatic carbocycles. The van der Waals surface area contributed by atoms with E-state index in [4.69, 9.17) is 21.6 Å². The minimum Gasteiger partial charge on any atom is -0.452 e. The Bertz CT molecular complexity index is 1070. The first-order valence-corrected chi connectivity index (χ1v) is 10.8. The second-order valence-corrected chi connectivity index (χ2v) is 8.39. The van der Waals surface area contributed by atoms with Crippen LogP contribution in [0.3, 0.4) is 0 Å². The van der Waals surface area contributed by atoms with Gasteiger partial charge in [0.2, 0.25) is 10.0 Å². The highest BCUT2D eigenvalue weighted by molar-refractivity contribution is 7.89. The number of amides is 1. The maximum atomic E-state index is 12.5. The maximum absolute atomic E-state index is 12.5. The molecule has 1 N–H and O–H groups in total. The van der Waals surface area contributed by atoms with Crippen LogP contribution in [-0.2, 0) is 19.6 Å². The zero-order chi connectivity index (χ0) is 22.3. The molecule has 0 saturated carbocycles. The smallest absolute Gasteiger partial charge is 0.338 e. The number of hydrogen-bond donors (Lipinski definition) is 1. The molecular formula is C20H20ClN3O5S. The van der Waals surface area contributed by atoms with Crippen LogP contribution in [0.2, 0.25) is 5.02 Å². The van der Waals surface area contributed by atoms with Gasteiger partial charge in [0.15, 0.2) is 6.61 Å². The lowest BCUT2D eigenvalue weighted by Crippen LogP contribution is -2.30. The minimum absolute atomic E-state index is 0.0678. The highest BCUT2D eigenvalue weighted by Gasteiger charge is 2.22. The third-order valence-electron chi connectivity index (χ3n) is 4.14. The number of nitrogens with zero attached hydrogens (tertiary/aromatic N) is 2. The first-order valence-electron chi connectivity index (χ1n) is 8.99. The van der Waals surface area contributed by atoms with Crippen molar-refractivity contribution in [1.82, 2.24) is 4.31 Å². The Hall–Kier alpha value is -2.93. The van der Waals surface area contributed by atoms with Crippen molar-refractivity contribution in [3.8, 4) is 6.07 Å². The van der Waals surface area contributed by atoms with Crippen molar-refractivity contribution in [2.75, 3.05) is 25.0 Å². The van der Waals surface area contributed by atoms with Crippen molar-refractivity contribution < 1.29 is 22.7 Å². The summed E-state index contributed by atoms with van der Waals surface area (Å²) in [4.78, 5) is 24.2. The molecule has 2 aromatic rings. The van der Waals surface area contributed by atoms with Crippen molar-refractivity contribution in [3.05, 3.63) is 58.6 Å². The average molecular weight is 450 g/mol. The molecule has 0 heterocycles. The topological polar surface area (TPSA) is 117 Å². The van der Waals surface area contributed by atoms with E-state index in [2.05, 4.69) is 5.32 Å². The molecule has 30 heavy (non-hydrogen) atoms. The Kier molecular flexibility index (Phi) is 7.94. The van der Waals surface area contributed by atoms with Crippen molar-refractivity contribution >= 4 is 39.2 Å². The van der Waals surface area contributed by atoms with Crippen LogP contribution in [0.25, 0.3) is 0 Å². The molecular weight excluding hydrogens is 430 g/mol. The number of halogens is 1. The van der Waals surface area contributed by atoms with Gasteiger partial charge in [-0.1, -0.05) is 25.4 Å². The van der Waals surface area contributed by atoms with Crippen molar-refractivity contribution in [2.24, 2.45) is 0 Å². The first-order chi connectivity index (χ1) is 14.2. The van der Waals surface area contributed by atoms with Gasteiger partial charge in [0, 0.05) is 18.8 Å². The summed E-state index contributed by atoms with van der Waals surface area (Å²) in [5.41, 5.74) is 0.737. The summed E-state index contributed by atoms with van der Waals surface area (Å²) in [7, 11) is -3.63. The van der Waals surface area contributed by atoms with Crippen LogP contribution >= 0.6 is 11.6 Å². The highest BCUT2D eigenvalue weighted by Crippen LogP contribution is 2.20.